The third-order valence-electron chi connectivity index (χ3n) is 8.05. The van der Waals surface area contributed by atoms with E-state index in [0.29, 0.717) is 26.4 Å². The molecular weight excluding hydrogens is 848 g/mol. The Morgan fingerprint density at radius 1 is 0.484 bits per heavy atom. The van der Waals surface area contributed by atoms with Crippen LogP contribution in [0.25, 0.3) is 0 Å². The van der Waals surface area contributed by atoms with Crippen LogP contribution in [-0.4, -0.2) is 50.6 Å². The van der Waals surface area contributed by atoms with Crippen LogP contribution in [0.15, 0.2) is 138 Å². The molecule has 0 atom stereocenters. The van der Waals surface area contributed by atoms with Gasteiger partial charge in [0.2, 0.25) is 12.6 Å². The maximum atomic E-state index is 5.70. The van der Waals surface area contributed by atoms with Crippen LogP contribution in [0.2, 0.25) is 0 Å². The first-order chi connectivity index (χ1) is 28.8. The Morgan fingerprint density at radius 3 is 1.26 bits per heavy atom. The van der Waals surface area contributed by atoms with Crippen molar-refractivity contribution < 1.29 is 28.4 Å². The van der Waals surface area contributed by atoms with Gasteiger partial charge in [-0.2, -0.15) is 0 Å². The highest BCUT2D eigenvalue weighted by Gasteiger charge is 2.13. The van der Waals surface area contributed by atoms with Crippen molar-refractivity contribution in [2.24, 2.45) is 0 Å². The highest BCUT2D eigenvalue weighted by Crippen LogP contribution is 2.26. The second-order valence-electron chi connectivity index (χ2n) is 12.4. The molecule has 0 amide bonds. The number of nitrogens with two attached hydrogens (primary N) is 1. The standard InChI is InChI=1S/C23H27N3O3.C13H14N2O.C10H14BrNO2.3CH4/c1-4-28-23(29-5-2)22-13-12-20(16-24-22)26-18-9-6-8-17(14-18)25-19-10-7-11-21(15-19)27-3;1-16-13-7-3-6-12(9-13)15-11-5-2-4-10(14)8-11;1-3-13-10(14-4-2)9-6-5-8(11)7-12-9;;;/h6-16,23,25-26H,4-5H2,1-3H3;2-9,15H,14H2,1H3;5-7,10H,3-4H2,1-2H3;3*1H4. The van der Waals surface area contributed by atoms with Crippen molar-refractivity contribution in [2.75, 3.05) is 62.3 Å². The van der Waals surface area contributed by atoms with Crippen molar-refractivity contribution in [1.29, 1.82) is 0 Å². The van der Waals surface area contributed by atoms with Crippen molar-refractivity contribution in [2.45, 2.75) is 62.6 Å². The minimum Gasteiger partial charge on any atom is -0.497 e. The normalized spacial score (nSPS) is 10.0. The summed E-state index contributed by atoms with van der Waals surface area (Å²) in [4.78, 5) is 8.70. The fourth-order valence-corrected chi connectivity index (χ4v) is 5.62. The topological polar surface area (TPSA) is 143 Å². The lowest BCUT2D eigenvalue weighted by molar-refractivity contribution is -0.142. The van der Waals surface area contributed by atoms with Gasteiger partial charge in [-0.1, -0.05) is 46.5 Å². The fraction of sp³-hybridized carbons (Fsp3) is 0.306. The number of methoxy groups -OCH3 is 2. The molecule has 62 heavy (non-hydrogen) atoms. The quantitative estimate of drug-likeness (QED) is 0.0481. The minimum absolute atomic E-state index is 0. The van der Waals surface area contributed by atoms with Gasteiger partial charge in [0.25, 0.3) is 0 Å². The molecule has 0 aliphatic carbocycles. The molecule has 0 radical (unpaired) electrons. The summed E-state index contributed by atoms with van der Waals surface area (Å²) in [5.74, 6) is 1.64. The molecule has 0 aliphatic rings. The molecule has 2 heterocycles. The van der Waals surface area contributed by atoms with E-state index >= 15 is 0 Å². The molecule has 4 aromatic carbocycles. The summed E-state index contributed by atoms with van der Waals surface area (Å²) in [5.41, 5.74) is 13.7. The molecule has 0 unspecified atom stereocenters. The number of anilines is 7. The summed E-state index contributed by atoms with van der Waals surface area (Å²) >= 11 is 3.33. The molecule has 0 bridgehead atoms. The van der Waals surface area contributed by atoms with Gasteiger partial charge >= 0.3 is 0 Å². The third-order valence-corrected chi connectivity index (χ3v) is 8.52. The SMILES string of the molecule is C.C.C.CCOC(OCC)c1ccc(Br)cn1.CCOC(OCC)c1ccc(Nc2cccc(Nc3cccc(OC)c3)c2)cn1.COc1cccc(Nc2cccc(N)c2)c1. The summed E-state index contributed by atoms with van der Waals surface area (Å²) in [5, 5.41) is 10.0. The largest absolute Gasteiger partial charge is 0.497 e. The number of nitrogens with one attached hydrogen (secondary N) is 3. The Hall–Kier alpha value is -5.70. The first-order valence-corrected chi connectivity index (χ1v) is 20.1. The average molecular weight is 916 g/mol. The third kappa shape index (κ3) is 18.9. The molecule has 12 nitrogen and oxygen atoms in total. The van der Waals surface area contributed by atoms with Crippen molar-refractivity contribution >= 4 is 55.7 Å². The molecule has 0 spiro atoms. The molecule has 6 rings (SSSR count). The molecule has 2 aromatic heterocycles. The maximum absolute atomic E-state index is 5.70. The van der Waals surface area contributed by atoms with E-state index in [2.05, 4.69) is 41.8 Å². The number of benzene rings is 4. The highest BCUT2D eigenvalue weighted by molar-refractivity contribution is 9.10. The smallest absolute Gasteiger partial charge is 0.201 e. The molecule has 5 N–H and O–H groups in total. The second-order valence-corrected chi connectivity index (χ2v) is 13.3. The van der Waals surface area contributed by atoms with E-state index in [9.17, 15) is 0 Å². The van der Waals surface area contributed by atoms with Crippen LogP contribution in [0.1, 0.15) is 73.9 Å². The van der Waals surface area contributed by atoms with Gasteiger partial charge in [-0.15, -0.1) is 0 Å². The Bertz CT molecular complexity index is 2080. The van der Waals surface area contributed by atoms with Gasteiger partial charge in [-0.25, -0.2) is 0 Å². The Balaban J connectivity index is 0.000000496. The van der Waals surface area contributed by atoms with Gasteiger partial charge in [-0.3, -0.25) is 9.97 Å². The summed E-state index contributed by atoms with van der Waals surface area (Å²) in [6.07, 6.45) is 2.73. The van der Waals surface area contributed by atoms with Gasteiger partial charge in [-0.05, 0) is 129 Å². The van der Waals surface area contributed by atoms with Gasteiger partial charge < -0.3 is 50.1 Å². The number of halogens is 1. The summed E-state index contributed by atoms with van der Waals surface area (Å²) in [6.45, 7) is 10.1. The van der Waals surface area contributed by atoms with Gasteiger partial charge in [0, 0.05) is 83.4 Å². The van der Waals surface area contributed by atoms with Crippen LogP contribution < -0.4 is 31.2 Å². The molecule has 13 heteroatoms. The number of aromatic nitrogens is 2. The number of pyridine rings is 2. The predicted molar refractivity (Wildman–Crippen MR) is 261 cm³/mol. The van der Waals surface area contributed by atoms with Crippen molar-refractivity contribution in [3.63, 3.8) is 0 Å². The second kappa shape index (κ2) is 30.3. The summed E-state index contributed by atoms with van der Waals surface area (Å²) < 4.78 is 33.4. The number of ether oxygens (including phenoxy) is 6. The van der Waals surface area contributed by atoms with Crippen LogP contribution in [0.3, 0.4) is 0 Å². The predicted octanol–water partition coefficient (Wildman–Crippen LogP) is 13.5. The number of nitrogens with zero attached hydrogens (tertiary/aromatic N) is 2. The van der Waals surface area contributed by atoms with E-state index in [4.69, 9.17) is 34.2 Å². The Kier molecular flexibility index (Phi) is 26.6. The van der Waals surface area contributed by atoms with Crippen LogP contribution in [0.4, 0.5) is 39.8 Å². The molecule has 0 aliphatic heterocycles. The van der Waals surface area contributed by atoms with Gasteiger partial charge in [0.15, 0.2) is 0 Å². The maximum Gasteiger partial charge on any atom is 0.201 e. The van der Waals surface area contributed by atoms with Crippen molar-refractivity contribution in [3.8, 4) is 11.5 Å². The molecule has 0 saturated carbocycles. The van der Waals surface area contributed by atoms with Crippen LogP contribution in [-0.2, 0) is 18.9 Å². The van der Waals surface area contributed by atoms with E-state index in [-0.39, 0.29) is 28.6 Å². The highest BCUT2D eigenvalue weighted by atomic mass is 79.9. The molecule has 336 valence electrons. The first-order valence-electron chi connectivity index (χ1n) is 19.4. The zero-order chi connectivity index (χ0) is 42.2. The first kappa shape index (κ1) is 54.3. The van der Waals surface area contributed by atoms with E-state index in [1.165, 1.54) is 0 Å². The minimum atomic E-state index is -0.436. The lowest BCUT2D eigenvalue weighted by Gasteiger charge is -2.16. The van der Waals surface area contributed by atoms with E-state index < -0.39 is 6.29 Å². The Labute approximate surface area is 378 Å². The zero-order valence-corrected chi connectivity index (χ0v) is 36.1. The van der Waals surface area contributed by atoms with Gasteiger partial charge in [0.1, 0.15) is 11.5 Å². The molecule has 0 fully saturated rings. The summed E-state index contributed by atoms with van der Waals surface area (Å²) in [7, 11) is 3.31. The van der Waals surface area contributed by atoms with Crippen molar-refractivity contribution in [1.82, 2.24) is 9.97 Å². The lowest BCUT2D eigenvalue weighted by atomic mass is 10.2. The zero-order valence-electron chi connectivity index (χ0n) is 34.5. The van der Waals surface area contributed by atoms with E-state index in [0.717, 1.165) is 67.2 Å². The van der Waals surface area contributed by atoms with Gasteiger partial charge in [0.05, 0.1) is 37.5 Å². The Morgan fingerprint density at radius 2 is 0.871 bits per heavy atom. The van der Waals surface area contributed by atoms with Crippen LogP contribution in [0.5, 0.6) is 11.5 Å². The van der Waals surface area contributed by atoms with Crippen LogP contribution in [0, 0.1) is 0 Å². The van der Waals surface area contributed by atoms with Crippen molar-refractivity contribution in [3.05, 3.63) is 150 Å². The fourth-order valence-electron chi connectivity index (χ4n) is 5.38. The average Bonchev–Trinajstić information content (AvgIpc) is 3.25. The number of rotatable bonds is 18. The lowest BCUT2D eigenvalue weighted by Crippen LogP contribution is -2.10. The number of nitrogen functional groups attached to an aromatic ring is 1. The van der Waals surface area contributed by atoms with E-state index in [1.54, 1.807) is 26.6 Å². The molecule has 0 saturated heterocycles. The molecule has 6 aromatic rings. The molecular formula is C49H67BrN6O6. The number of hydrogen-bond acceptors (Lipinski definition) is 12. The van der Waals surface area contributed by atoms with Crippen LogP contribution >= 0.6 is 15.9 Å². The van der Waals surface area contributed by atoms with E-state index in [1.807, 2.05) is 149 Å². The number of hydrogen-bond donors (Lipinski definition) is 4. The monoisotopic (exact) mass is 914 g/mol. The summed E-state index contributed by atoms with van der Waals surface area (Å²) in [6, 6.07) is 39.0.